The van der Waals surface area contributed by atoms with E-state index in [9.17, 15) is 0 Å². The zero-order valence-corrected chi connectivity index (χ0v) is 6.29. The molecule has 2 aliphatic rings. The third kappa shape index (κ3) is 0.659. The maximum Gasteiger partial charge on any atom is 0.234 e. The molecule has 1 aliphatic heterocycles. The van der Waals surface area contributed by atoms with Crippen LogP contribution in [0, 0.1) is 12.8 Å². The molecule has 1 saturated carbocycles. The molecule has 12 heavy (non-hydrogen) atoms. The summed E-state index contributed by atoms with van der Waals surface area (Å²) in [6.45, 7) is -3.41. The molecular formula is C8H11N3O. The van der Waals surface area contributed by atoms with Gasteiger partial charge in [0.1, 0.15) is 0 Å². The second-order valence-electron chi connectivity index (χ2n) is 3.33. The van der Waals surface area contributed by atoms with E-state index in [1.54, 1.807) is 0 Å². The molecule has 2 heterocycles. The molecule has 3 rings (SSSR count). The van der Waals surface area contributed by atoms with Crippen molar-refractivity contribution in [3.63, 3.8) is 0 Å². The van der Waals surface area contributed by atoms with Crippen LogP contribution in [0.2, 0.25) is 0 Å². The Morgan fingerprint density at radius 2 is 2.92 bits per heavy atom. The summed E-state index contributed by atoms with van der Waals surface area (Å²) in [7, 11) is 0. The third-order valence-electron chi connectivity index (χ3n) is 2.61. The monoisotopic (exact) mass is 170 g/mol. The highest BCUT2D eigenvalue weighted by molar-refractivity contribution is 5.25. The van der Waals surface area contributed by atoms with Crippen LogP contribution in [-0.4, -0.2) is 23.2 Å². The van der Waals surface area contributed by atoms with Crippen molar-refractivity contribution in [1.82, 2.24) is 15.5 Å². The first-order chi connectivity index (χ1) is 7.76. The minimum Gasteiger partial charge on any atom is -0.339 e. The molecule has 1 saturated heterocycles. The van der Waals surface area contributed by atoms with Crippen molar-refractivity contribution in [3.8, 4) is 0 Å². The molecule has 0 amide bonds. The van der Waals surface area contributed by atoms with Crippen LogP contribution in [-0.2, 0) is 5.41 Å². The molecule has 2 unspecified atom stereocenters. The highest BCUT2D eigenvalue weighted by atomic mass is 16.5. The first-order valence-corrected chi connectivity index (χ1v) is 3.85. The lowest BCUT2D eigenvalue weighted by Gasteiger charge is -2.02. The summed E-state index contributed by atoms with van der Waals surface area (Å²) in [5.74, 6) is -0.276. The van der Waals surface area contributed by atoms with E-state index in [1.807, 2.05) is 0 Å². The Morgan fingerprint density at radius 1 is 1.92 bits per heavy atom. The fourth-order valence-corrected chi connectivity index (χ4v) is 1.76. The molecule has 0 bridgehead atoms. The summed E-state index contributed by atoms with van der Waals surface area (Å²) in [6.07, 6.45) is 0.621. The van der Waals surface area contributed by atoms with E-state index < -0.39 is 18.8 Å². The minimum atomic E-state index is -2.38. The largest absolute Gasteiger partial charge is 0.339 e. The molecule has 1 N–H and O–H groups in total. The smallest absolute Gasteiger partial charge is 0.234 e. The Balaban J connectivity index is 1.91. The number of fused-ring (bicyclic) bond motifs is 1. The maximum atomic E-state index is 7.69. The molecule has 1 aromatic heterocycles. The first-order valence-electron chi connectivity index (χ1n) is 6.35. The molecule has 4 heteroatoms. The van der Waals surface area contributed by atoms with Gasteiger partial charge in [0.05, 0.1) is 5.41 Å². The number of rotatable bonds is 1. The molecule has 0 aromatic carbocycles. The van der Waals surface area contributed by atoms with Crippen molar-refractivity contribution in [2.75, 3.05) is 13.0 Å². The lowest BCUT2D eigenvalue weighted by molar-refractivity contribution is 0.343. The number of nitrogens with zero attached hydrogens (tertiary/aromatic N) is 2. The van der Waals surface area contributed by atoms with Gasteiger partial charge in [-0.15, -0.1) is 0 Å². The quantitative estimate of drug-likeness (QED) is 0.656. The van der Waals surface area contributed by atoms with E-state index in [2.05, 4.69) is 15.5 Å². The van der Waals surface area contributed by atoms with Crippen LogP contribution in [0.5, 0.6) is 0 Å². The zero-order chi connectivity index (χ0) is 12.5. The summed E-state index contributed by atoms with van der Waals surface area (Å²) in [5.41, 5.74) is -0.500. The van der Waals surface area contributed by atoms with Gasteiger partial charge in [0, 0.05) is 13.4 Å². The van der Waals surface area contributed by atoms with Crippen molar-refractivity contribution in [2.24, 2.45) is 5.92 Å². The normalized spacial score (nSPS) is 49.7. The standard InChI is InChI=1S/C8H11N3O/c1-5-10-7(12-11-5)8-2-6(8)3-9-4-8/h6,9H,2-4H2,1H3/i1D3,3D2. The van der Waals surface area contributed by atoms with E-state index in [0.717, 1.165) is 0 Å². The maximum absolute atomic E-state index is 7.69. The van der Waals surface area contributed by atoms with Crippen LogP contribution in [0.1, 0.15) is 25.0 Å². The van der Waals surface area contributed by atoms with E-state index in [-0.39, 0.29) is 17.6 Å². The van der Waals surface area contributed by atoms with E-state index in [1.165, 1.54) is 0 Å². The summed E-state index contributed by atoms with van der Waals surface area (Å²) in [4.78, 5) is 3.90. The Labute approximate surface area is 77.4 Å². The van der Waals surface area contributed by atoms with Crippen LogP contribution >= 0.6 is 0 Å². The number of piperidine rings is 1. The van der Waals surface area contributed by atoms with Gasteiger partial charge in [-0.2, -0.15) is 4.98 Å². The first kappa shape index (κ1) is 3.46. The number of hydrogen-bond acceptors (Lipinski definition) is 4. The van der Waals surface area contributed by atoms with E-state index in [0.29, 0.717) is 13.0 Å². The number of nitrogens with one attached hydrogen (secondary N) is 1. The second kappa shape index (κ2) is 1.88. The van der Waals surface area contributed by atoms with Gasteiger partial charge in [0.2, 0.25) is 5.89 Å². The van der Waals surface area contributed by atoms with Gasteiger partial charge < -0.3 is 9.84 Å². The van der Waals surface area contributed by atoms with Crippen LogP contribution in [0.25, 0.3) is 0 Å². The summed E-state index contributed by atoms with van der Waals surface area (Å²) < 4.78 is 41.9. The molecule has 1 aliphatic carbocycles. The van der Waals surface area contributed by atoms with Crippen molar-refractivity contribution in [2.45, 2.75) is 18.7 Å². The van der Waals surface area contributed by atoms with Gasteiger partial charge in [0.15, 0.2) is 5.82 Å². The zero-order valence-electron chi connectivity index (χ0n) is 11.3. The van der Waals surface area contributed by atoms with Gasteiger partial charge in [-0.3, -0.25) is 0 Å². The number of hydrogen-bond donors (Lipinski definition) is 1. The van der Waals surface area contributed by atoms with Crippen LogP contribution in [0.4, 0.5) is 0 Å². The number of aromatic nitrogens is 2. The molecule has 0 radical (unpaired) electrons. The molecule has 2 fully saturated rings. The van der Waals surface area contributed by atoms with Crippen molar-refractivity contribution < 1.29 is 11.4 Å². The summed E-state index contributed by atoms with van der Waals surface area (Å²) in [6, 6.07) is 0. The van der Waals surface area contributed by atoms with Gasteiger partial charge in [-0.25, -0.2) is 0 Å². The average molecular weight is 170 g/mol. The van der Waals surface area contributed by atoms with Gasteiger partial charge in [-0.05, 0) is 25.7 Å². The fraction of sp³-hybridized carbons (Fsp3) is 0.750. The molecule has 1 aromatic rings. The Bertz CT molecular complexity index is 470. The van der Waals surface area contributed by atoms with Gasteiger partial charge in [-0.1, -0.05) is 5.16 Å². The summed E-state index contributed by atoms with van der Waals surface area (Å²) >= 11 is 0. The summed E-state index contributed by atoms with van der Waals surface area (Å²) in [5, 5.41) is 6.20. The van der Waals surface area contributed by atoms with E-state index >= 15 is 0 Å². The van der Waals surface area contributed by atoms with Crippen molar-refractivity contribution in [3.05, 3.63) is 11.7 Å². The molecule has 4 nitrogen and oxygen atoms in total. The minimum absolute atomic E-state index is 0.208. The molecule has 64 valence electrons. The highest BCUT2D eigenvalue weighted by Crippen LogP contribution is 2.55. The van der Waals surface area contributed by atoms with Gasteiger partial charge in [0.25, 0.3) is 0 Å². The molecule has 0 spiro atoms. The molecular weight excluding hydrogens is 154 g/mol. The topological polar surface area (TPSA) is 51.0 Å². The lowest BCUT2D eigenvalue weighted by Crippen LogP contribution is -2.19. The Kier molecular flexibility index (Phi) is 0.541. The lowest BCUT2D eigenvalue weighted by atomic mass is 10.1. The van der Waals surface area contributed by atoms with Gasteiger partial charge >= 0.3 is 0 Å². The fourth-order valence-electron chi connectivity index (χ4n) is 1.76. The Hall–Kier alpha value is -0.900. The SMILES string of the molecule is [2H]C([2H])([2H])c1noc(C23CNC([2H])([2H])C2C3)n1. The highest BCUT2D eigenvalue weighted by Gasteiger charge is 2.62. The van der Waals surface area contributed by atoms with Crippen molar-refractivity contribution >= 4 is 0 Å². The average Bonchev–Trinajstić information content (AvgIpc) is 2.63. The third-order valence-corrected chi connectivity index (χ3v) is 2.61. The van der Waals surface area contributed by atoms with E-state index in [4.69, 9.17) is 11.4 Å². The van der Waals surface area contributed by atoms with Crippen LogP contribution in [0.3, 0.4) is 0 Å². The van der Waals surface area contributed by atoms with Crippen molar-refractivity contribution in [1.29, 1.82) is 0 Å². The van der Waals surface area contributed by atoms with Crippen LogP contribution in [0.15, 0.2) is 4.52 Å². The predicted octanol–water partition coefficient (Wildman–Crippen LogP) is 0.239. The molecule has 2 atom stereocenters. The Morgan fingerprint density at radius 3 is 3.50 bits per heavy atom. The second-order valence-corrected chi connectivity index (χ2v) is 3.33. The number of aryl methyl sites for hydroxylation is 1. The predicted molar refractivity (Wildman–Crippen MR) is 41.7 cm³/mol. The van der Waals surface area contributed by atoms with Crippen LogP contribution < -0.4 is 5.32 Å².